The van der Waals surface area contributed by atoms with Crippen molar-refractivity contribution in [2.75, 3.05) is 6.61 Å². The van der Waals surface area contributed by atoms with Gasteiger partial charge in [0.15, 0.2) is 0 Å². The number of rotatable bonds is 4. The molecule has 6 nitrogen and oxygen atoms in total. The SMILES string of the molecule is CCOP(=O)(O)OP(O)(O)=S. The standard InChI is InChI=1S/C2H8O6P2S/c1-2-7-9(3,4)8-10(5,6)11/h2H2,1H3,(H,3,4)(H2,5,6,11). The van der Waals surface area contributed by atoms with E-state index in [0.29, 0.717) is 0 Å². The predicted molar refractivity (Wildman–Crippen MR) is 41.3 cm³/mol. The van der Waals surface area contributed by atoms with Crippen molar-refractivity contribution in [2.45, 2.75) is 6.92 Å². The van der Waals surface area contributed by atoms with Gasteiger partial charge in [-0.3, -0.25) is 4.52 Å². The van der Waals surface area contributed by atoms with E-state index in [-0.39, 0.29) is 6.61 Å². The molecule has 0 heterocycles. The first-order valence-electron chi connectivity index (χ1n) is 2.51. The number of phosphoric ester groups is 1. The summed E-state index contributed by atoms with van der Waals surface area (Å²) in [7, 11) is -4.37. The first kappa shape index (κ1) is 11.7. The van der Waals surface area contributed by atoms with Gasteiger partial charge in [-0.15, -0.1) is 0 Å². The molecule has 0 radical (unpaired) electrons. The van der Waals surface area contributed by atoms with Crippen LogP contribution >= 0.6 is 14.5 Å². The fourth-order valence-electron chi connectivity index (χ4n) is 0.321. The van der Waals surface area contributed by atoms with Crippen molar-refractivity contribution in [1.82, 2.24) is 0 Å². The van der Waals surface area contributed by atoms with Crippen LogP contribution in [0.3, 0.4) is 0 Å². The molecular weight excluding hydrogens is 214 g/mol. The zero-order chi connectivity index (χ0) is 9.12. The van der Waals surface area contributed by atoms with E-state index in [2.05, 4.69) is 20.6 Å². The molecule has 0 fully saturated rings. The van der Waals surface area contributed by atoms with Crippen LogP contribution in [0.15, 0.2) is 0 Å². The summed E-state index contributed by atoms with van der Waals surface area (Å²) in [4.78, 5) is 25.5. The minimum atomic E-state index is -4.37. The lowest BCUT2D eigenvalue weighted by Gasteiger charge is -2.12. The Morgan fingerprint density at radius 1 is 1.45 bits per heavy atom. The summed E-state index contributed by atoms with van der Waals surface area (Å²) in [5.74, 6) is 0. The van der Waals surface area contributed by atoms with Gasteiger partial charge < -0.3 is 14.7 Å². The average Bonchev–Trinajstić information content (AvgIpc) is 1.55. The molecule has 0 saturated heterocycles. The first-order chi connectivity index (χ1) is 4.77. The molecule has 0 aliphatic carbocycles. The molecule has 0 aromatic heterocycles. The van der Waals surface area contributed by atoms with Crippen molar-refractivity contribution in [3.63, 3.8) is 0 Å². The maximum Gasteiger partial charge on any atom is 0.479 e. The summed E-state index contributed by atoms with van der Waals surface area (Å²) >= 11 is 3.93. The average molecular weight is 222 g/mol. The van der Waals surface area contributed by atoms with Crippen LogP contribution < -0.4 is 0 Å². The highest BCUT2D eigenvalue weighted by Crippen LogP contribution is 2.57. The van der Waals surface area contributed by atoms with Crippen LogP contribution in [0.2, 0.25) is 0 Å². The minimum absolute atomic E-state index is 0.0802. The van der Waals surface area contributed by atoms with E-state index in [1.165, 1.54) is 6.92 Å². The van der Waals surface area contributed by atoms with E-state index >= 15 is 0 Å². The van der Waals surface area contributed by atoms with Crippen molar-refractivity contribution in [1.29, 1.82) is 0 Å². The van der Waals surface area contributed by atoms with Gasteiger partial charge in [0.05, 0.1) is 6.61 Å². The molecule has 1 atom stereocenters. The van der Waals surface area contributed by atoms with E-state index in [1.807, 2.05) is 0 Å². The molecule has 0 aromatic carbocycles. The summed E-state index contributed by atoms with van der Waals surface area (Å²) in [6.07, 6.45) is 0. The Balaban J connectivity index is 4.14. The number of hydrogen-bond acceptors (Lipinski definition) is 4. The Kier molecular flexibility index (Phi) is 4.32. The molecular formula is C2H8O6P2S. The van der Waals surface area contributed by atoms with Crippen molar-refractivity contribution < 1.29 is 28.1 Å². The minimum Gasteiger partial charge on any atom is -0.324 e. The fourth-order valence-corrected chi connectivity index (χ4v) is 2.67. The smallest absolute Gasteiger partial charge is 0.324 e. The lowest BCUT2D eigenvalue weighted by atomic mass is 10.9. The Morgan fingerprint density at radius 2 is 1.91 bits per heavy atom. The van der Waals surface area contributed by atoms with Gasteiger partial charge in [0.2, 0.25) is 0 Å². The largest absolute Gasteiger partial charge is 0.479 e. The van der Waals surface area contributed by atoms with Crippen LogP contribution in [0.5, 0.6) is 0 Å². The van der Waals surface area contributed by atoms with E-state index in [4.69, 9.17) is 14.7 Å². The molecule has 0 spiro atoms. The van der Waals surface area contributed by atoms with Crippen molar-refractivity contribution in [2.24, 2.45) is 0 Å². The summed E-state index contributed by atoms with van der Waals surface area (Å²) in [5.41, 5.74) is 0. The lowest BCUT2D eigenvalue weighted by molar-refractivity contribution is 0.202. The molecule has 0 aliphatic heterocycles. The fraction of sp³-hybridized carbons (Fsp3) is 1.00. The summed E-state index contributed by atoms with van der Waals surface area (Å²) in [6, 6.07) is 0. The van der Waals surface area contributed by atoms with Gasteiger partial charge in [-0.05, 0) is 18.7 Å². The molecule has 0 amide bonds. The Labute approximate surface area is 68.6 Å². The topological polar surface area (TPSA) is 96.2 Å². The van der Waals surface area contributed by atoms with Crippen molar-refractivity contribution in [3.05, 3.63) is 0 Å². The van der Waals surface area contributed by atoms with Crippen molar-refractivity contribution >= 4 is 26.3 Å². The summed E-state index contributed by atoms with van der Waals surface area (Å²) in [5, 5.41) is 0. The molecule has 1 unspecified atom stereocenters. The molecule has 0 bridgehead atoms. The number of hydrogen-bond donors (Lipinski definition) is 3. The Hall–Kier alpha value is 0.680. The predicted octanol–water partition coefficient (Wildman–Crippen LogP) is 0.349. The number of phosphoric acid groups is 1. The highest BCUT2D eigenvalue weighted by molar-refractivity contribution is 8.08. The van der Waals surface area contributed by atoms with Gasteiger partial charge in [-0.2, -0.15) is 0 Å². The second-order valence-electron chi connectivity index (χ2n) is 1.46. The van der Waals surface area contributed by atoms with Crippen molar-refractivity contribution in [3.8, 4) is 0 Å². The molecule has 0 saturated carbocycles. The Morgan fingerprint density at radius 3 is 2.18 bits per heavy atom. The second-order valence-corrected chi connectivity index (χ2v) is 5.72. The van der Waals surface area contributed by atoms with Gasteiger partial charge in [0, 0.05) is 0 Å². The zero-order valence-corrected chi connectivity index (χ0v) is 8.18. The second kappa shape index (κ2) is 4.07. The molecule has 68 valence electrons. The van der Waals surface area contributed by atoms with Crippen LogP contribution in [-0.2, 0) is 25.2 Å². The summed E-state index contributed by atoms with van der Waals surface area (Å²) < 4.78 is 18.5. The lowest BCUT2D eigenvalue weighted by Crippen LogP contribution is -1.92. The monoisotopic (exact) mass is 222 g/mol. The van der Waals surface area contributed by atoms with Gasteiger partial charge in [0.1, 0.15) is 0 Å². The molecule has 0 rings (SSSR count). The maximum absolute atomic E-state index is 10.6. The first-order valence-corrected chi connectivity index (χ1v) is 6.63. The third-order valence-electron chi connectivity index (χ3n) is 0.502. The zero-order valence-electron chi connectivity index (χ0n) is 5.58. The van der Waals surface area contributed by atoms with Crippen LogP contribution in [0, 0.1) is 0 Å². The van der Waals surface area contributed by atoms with Crippen LogP contribution in [-0.4, -0.2) is 21.3 Å². The normalized spacial score (nSPS) is 17.8. The maximum atomic E-state index is 10.6. The Bertz CT molecular complexity index is 209. The van der Waals surface area contributed by atoms with Gasteiger partial charge in [-0.25, -0.2) is 8.88 Å². The third kappa shape index (κ3) is 7.05. The summed E-state index contributed by atoms with van der Waals surface area (Å²) in [6.45, 7) is -2.75. The molecule has 9 heteroatoms. The third-order valence-corrected chi connectivity index (χ3v) is 3.36. The van der Waals surface area contributed by atoms with Gasteiger partial charge >= 0.3 is 14.5 Å². The van der Waals surface area contributed by atoms with Crippen LogP contribution in [0.1, 0.15) is 6.92 Å². The molecule has 3 N–H and O–H groups in total. The molecule has 0 aromatic rings. The molecule has 11 heavy (non-hydrogen) atoms. The van der Waals surface area contributed by atoms with Crippen LogP contribution in [0.4, 0.5) is 0 Å². The van der Waals surface area contributed by atoms with E-state index < -0.39 is 14.5 Å². The quantitative estimate of drug-likeness (QED) is 0.590. The van der Waals surface area contributed by atoms with Crippen LogP contribution in [0.25, 0.3) is 0 Å². The van der Waals surface area contributed by atoms with Gasteiger partial charge in [-0.1, -0.05) is 0 Å². The van der Waals surface area contributed by atoms with Gasteiger partial charge in [0.25, 0.3) is 0 Å². The highest BCUT2D eigenvalue weighted by atomic mass is 32.5. The van der Waals surface area contributed by atoms with E-state index in [0.717, 1.165) is 0 Å². The van der Waals surface area contributed by atoms with E-state index in [1.54, 1.807) is 0 Å². The molecule has 0 aliphatic rings. The van der Waals surface area contributed by atoms with E-state index in [9.17, 15) is 4.57 Å². The highest BCUT2D eigenvalue weighted by Gasteiger charge is 2.28.